The van der Waals surface area contributed by atoms with Gasteiger partial charge in [0, 0.05) is 11.4 Å². The van der Waals surface area contributed by atoms with Crippen LogP contribution in [0.5, 0.6) is 0 Å². The summed E-state index contributed by atoms with van der Waals surface area (Å²) in [6, 6.07) is 18.7. The fourth-order valence-corrected chi connectivity index (χ4v) is 3.47. The number of rotatable bonds is 8. The highest BCUT2D eigenvalue weighted by Gasteiger charge is 2.36. The summed E-state index contributed by atoms with van der Waals surface area (Å²) in [5.41, 5.74) is -0.487. The Hall–Kier alpha value is -2.27. The number of hydrogen-bond acceptors (Lipinski definition) is 3. The third kappa shape index (κ3) is 4.86. The van der Waals surface area contributed by atoms with E-state index < -0.39 is 11.4 Å². The van der Waals surface area contributed by atoms with Gasteiger partial charge in [-0.2, -0.15) is 0 Å². The number of carboxylic acids is 1. The Morgan fingerprint density at radius 3 is 2.16 bits per heavy atom. The number of thioether (sulfide) groups is 1. The number of benzene rings is 2. The zero-order valence-corrected chi connectivity index (χ0v) is 15.3. The summed E-state index contributed by atoms with van der Waals surface area (Å²) < 4.78 is 0. The van der Waals surface area contributed by atoms with E-state index in [0.717, 1.165) is 4.90 Å². The molecule has 0 bridgehead atoms. The zero-order chi connectivity index (χ0) is 18.3. The van der Waals surface area contributed by atoms with Gasteiger partial charge in [0.2, 0.25) is 5.91 Å². The molecule has 1 amide bonds. The van der Waals surface area contributed by atoms with Gasteiger partial charge in [0.1, 0.15) is 5.41 Å². The van der Waals surface area contributed by atoms with Gasteiger partial charge >= 0.3 is 5.97 Å². The highest BCUT2D eigenvalue weighted by Crippen LogP contribution is 2.26. The minimum atomic E-state index is -1.16. The van der Waals surface area contributed by atoms with Gasteiger partial charge in [-0.15, -0.1) is 11.8 Å². The number of nitrogens with one attached hydrogen (secondary N) is 1. The Balaban J connectivity index is 2.06. The largest absolute Gasteiger partial charge is 0.481 e. The van der Waals surface area contributed by atoms with Crippen molar-refractivity contribution in [2.75, 3.05) is 6.54 Å². The van der Waals surface area contributed by atoms with Crippen molar-refractivity contribution in [3.05, 3.63) is 66.2 Å². The minimum Gasteiger partial charge on any atom is -0.481 e. The first-order valence-corrected chi connectivity index (χ1v) is 9.13. The van der Waals surface area contributed by atoms with Crippen molar-refractivity contribution in [1.82, 2.24) is 5.32 Å². The topological polar surface area (TPSA) is 66.4 Å². The lowest BCUT2D eigenvalue weighted by Crippen LogP contribution is -2.46. The second-order valence-corrected chi connectivity index (χ2v) is 7.33. The molecule has 0 saturated heterocycles. The summed E-state index contributed by atoms with van der Waals surface area (Å²) in [5.74, 6) is -1.09. The number of aliphatic carboxylic acids is 1. The van der Waals surface area contributed by atoms with Crippen molar-refractivity contribution in [1.29, 1.82) is 0 Å². The van der Waals surface area contributed by atoms with Gasteiger partial charge < -0.3 is 10.4 Å². The molecule has 132 valence electrons. The maximum absolute atomic E-state index is 12.6. The normalized spacial score (nSPS) is 14.3. The number of amides is 1. The van der Waals surface area contributed by atoms with E-state index in [2.05, 4.69) is 5.32 Å². The van der Waals surface area contributed by atoms with E-state index in [-0.39, 0.29) is 17.7 Å². The van der Waals surface area contributed by atoms with Gasteiger partial charge in [-0.05, 0) is 31.0 Å². The molecule has 25 heavy (non-hydrogen) atoms. The zero-order valence-electron chi connectivity index (χ0n) is 14.4. The van der Waals surface area contributed by atoms with E-state index in [9.17, 15) is 14.7 Å². The molecule has 2 N–H and O–H groups in total. The Kier molecular flexibility index (Phi) is 6.65. The van der Waals surface area contributed by atoms with Crippen LogP contribution in [0.3, 0.4) is 0 Å². The molecule has 2 unspecified atom stereocenters. The molecule has 0 spiro atoms. The maximum Gasteiger partial charge on any atom is 0.315 e. The monoisotopic (exact) mass is 357 g/mol. The quantitative estimate of drug-likeness (QED) is 0.707. The molecule has 0 aliphatic heterocycles. The van der Waals surface area contributed by atoms with E-state index in [1.165, 1.54) is 11.8 Å². The summed E-state index contributed by atoms with van der Waals surface area (Å²) in [5, 5.41) is 12.3. The maximum atomic E-state index is 12.6. The number of hydrogen-bond donors (Lipinski definition) is 2. The predicted molar refractivity (Wildman–Crippen MR) is 101 cm³/mol. The first-order chi connectivity index (χ1) is 12.0. The standard InChI is InChI=1S/C20H23NO3S/c1-3-17(25-16-12-8-5-9-13-16)18(22)21-14-20(2,19(23)24)15-10-6-4-7-11-15/h4-13,17H,3,14H2,1-2H3,(H,21,22)(H,23,24). The van der Waals surface area contributed by atoms with Crippen LogP contribution in [0, 0.1) is 0 Å². The molecule has 0 radical (unpaired) electrons. The Morgan fingerprint density at radius 1 is 1.08 bits per heavy atom. The average Bonchev–Trinajstić information content (AvgIpc) is 2.65. The van der Waals surface area contributed by atoms with Gasteiger partial charge in [0.05, 0.1) is 5.25 Å². The van der Waals surface area contributed by atoms with Crippen molar-refractivity contribution in [2.24, 2.45) is 0 Å². The molecule has 4 nitrogen and oxygen atoms in total. The second-order valence-electron chi connectivity index (χ2n) is 6.05. The molecular weight excluding hydrogens is 334 g/mol. The summed E-state index contributed by atoms with van der Waals surface area (Å²) in [6.07, 6.45) is 0.667. The van der Waals surface area contributed by atoms with Crippen molar-refractivity contribution in [3.8, 4) is 0 Å². The predicted octanol–water partition coefficient (Wildman–Crippen LogP) is 3.72. The third-order valence-corrected chi connectivity index (χ3v) is 5.56. The van der Waals surface area contributed by atoms with E-state index in [4.69, 9.17) is 0 Å². The van der Waals surface area contributed by atoms with Crippen LogP contribution in [0.1, 0.15) is 25.8 Å². The number of carbonyl (C=O) groups excluding carboxylic acids is 1. The van der Waals surface area contributed by atoms with E-state index in [1.807, 2.05) is 43.3 Å². The summed E-state index contributed by atoms with van der Waals surface area (Å²) in [7, 11) is 0. The van der Waals surface area contributed by atoms with Gasteiger partial charge in [-0.25, -0.2) is 0 Å². The van der Waals surface area contributed by atoms with Crippen LogP contribution in [0.2, 0.25) is 0 Å². The van der Waals surface area contributed by atoms with Gasteiger partial charge in [-0.1, -0.05) is 55.5 Å². The molecule has 0 fully saturated rings. The highest BCUT2D eigenvalue weighted by molar-refractivity contribution is 8.00. The lowest BCUT2D eigenvalue weighted by atomic mass is 9.82. The molecule has 2 aromatic carbocycles. The molecule has 0 saturated carbocycles. The van der Waals surface area contributed by atoms with Gasteiger partial charge in [-0.3, -0.25) is 9.59 Å². The van der Waals surface area contributed by atoms with E-state index in [1.54, 1.807) is 31.2 Å². The lowest BCUT2D eigenvalue weighted by Gasteiger charge is -2.26. The lowest BCUT2D eigenvalue weighted by molar-refractivity contribution is -0.143. The van der Waals surface area contributed by atoms with E-state index >= 15 is 0 Å². The Labute approximate surface area is 152 Å². The highest BCUT2D eigenvalue weighted by atomic mass is 32.2. The number of carbonyl (C=O) groups is 2. The molecule has 2 atom stereocenters. The number of carboxylic acid groups (broad SMARTS) is 1. The van der Waals surface area contributed by atoms with Crippen molar-refractivity contribution >= 4 is 23.6 Å². The van der Waals surface area contributed by atoms with Crippen molar-refractivity contribution < 1.29 is 14.7 Å². The molecule has 0 aliphatic rings. The summed E-state index contributed by atoms with van der Waals surface area (Å²) in [4.78, 5) is 25.4. The van der Waals surface area contributed by atoms with Crippen LogP contribution >= 0.6 is 11.8 Å². The SMILES string of the molecule is CCC(Sc1ccccc1)C(=O)NCC(C)(C(=O)O)c1ccccc1. The molecule has 0 aromatic heterocycles. The van der Waals surface area contributed by atoms with Crippen LogP contribution in [0.15, 0.2) is 65.6 Å². The van der Waals surface area contributed by atoms with Crippen LogP contribution in [-0.2, 0) is 15.0 Å². The van der Waals surface area contributed by atoms with Crippen LogP contribution < -0.4 is 5.32 Å². The first kappa shape index (κ1) is 19.1. The van der Waals surface area contributed by atoms with E-state index in [0.29, 0.717) is 12.0 Å². The molecule has 0 aliphatic carbocycles. The molecule has 0 heterocycles. The van der Waals surface area contributed by atoms with Crippen molar-refractivity contribution in [2.45, 2.75) is 35.8 Å². The van der Waals surface area contributed by atoms with Crippen LogP contribution in [0.25, 0.3) is 0 Å². The van der Waals surface area contributed by atoms with Gasteiger partial charge in [0.25, 0.3) is 0 Å². The summed E-state index contributed by atoms with van der Waals surface area (Å²) >= 11 is 1.49. The fraction of sp³-hybridized carbons (Fsp3) is 0.300. The fourth-order valence-electron chi connectivity index (χ4n) is 2.47. The summed E-state index contributed by atoms with van der Waals surface area (Å²) in [6.45, 7) is 3.64. The first-order valence-electron chi connectivity index (χ1n) is 8.25. The molecule has 5 heteroatoms. The second kappa shape index (κ2) is 8.72. The molecular formula is C20H23NO3S. The Bertz CT molecular complexity index is 705. The third-order valence-electron chi connectivity index (χ3n) is 4.18. The molecule has 2 aromatic rings. The minimum absolute atomic E-state index is 0.0526. The van der Waals surface area contributed by atoms with Crippen LogP contribution in [-0.4, -0.2) is 28.8 Å². The van der Waals surface area contributed by atoms with Crippen molar-refractivity contribution in [3.63, 3.8) is 0 Å². The van der Waals surface area contributed by atoms with Gasteiger partial charge in [0.15, 0.2) is 0 Å². The Morgan fingerprint density at radius 2 is 1.64 bits per heavy atom. The molecule has 2 rings (SSSR count). The smallest absolute Gasteiger partial charge is 0.315 e. The van der Waals surface area contributed by atoms with Crippen LogP contribution in [0.4, 0.5) is 0 Å². The average molecular weight is 357 g/mol.